The van der Waals surface area contributed by atoms with Crippen molar-refractivity contribution in [2.75, 3.05) is 6.54 Å². The van der Waals surface area contributed by atoms with Gasteiger partial charge in [0.15, 0.2) is 0 Å². The van der Waals surface area contributed by atoms with E-state index >= 15 is 0 Å². The molecule has 1 aliphatic carbocycles. The molecule has 0 spiro atoms. The van der Waals surface area contributed by atoms with Crippen LogP contribution in [-0.4, -0.2) is 31.1 Å². The van der Waals surface area contributed by atoms with E-state index < -0.39 is 10.2 Å². The van der Waals surface area contributed by atoms with Crippen molar-refractivity contribution in [1.29, 1.82) is 5.41 Å². The monoisotopic (exact) mass is 206 g/mol. The van der Waals surface area contributed by atoms with Crippen LogP contribution in [0.1, 0.15) is 19.3 Å². The summed E-state index contributed by atoms with van der Waals surface area (Å²) in [7, 11) is -3.62. The Kier molecular flexibility index (Phi) is 2.89. The van der Waals surface area contributed by atoms with E-state index in [0.29, 0.717) is 0 Å². The number of amidine groups is 1. The molecule has 0 aromatic rings. The predicted octanol–water partition coefficient (Wildman–Crippen LogP) is -1.02. The van der Waals surface area contributed by atoms with Crippen LogP contribution >= 0.6 is 0 Å². The predicted molar refractivity (Wildman–Crippen MR) is 49.4 cm³/mol. The molecule has 13 heavy (non-hydrogen) atoms. The minimum absolute atomic E-state index is 0.0192. The zero-order chi connectivity index (χ0) is 10.1. The summed E-state index contributed by atoms with van der Waals surface area (Å²) in [5, 5.41) is 12.0. The van der Waals surface area contributed by atoms with E-state index in [-0.39, 0.29) is 24.8 Å². The SMILES string of the molecule is N=C(N)CCN(C1CC1)S(N)(=O)=O. The van der Waals surface area contributed by atoms with Crippen molar-refractivity contribution in [3.63, 3.8) is 0 Å². The van der Waals surface area contributed by atoms with Crippen LogP contribution in [0.4, 0.5) is 0 Å². The molecule has 1 rings (SSSR count). The number of rotatable bonds is 5. The molecule has 0 bridgehead atoms. The van der Waals surface area contributed by atoms with Crippen LogP contribution in [-0.2, 0) is 10.2 Å². The number of nitrogens with one attached hydrogen (secondary N) is 1. The largest absolute Gasteiger partial charge is 0.388 e. The third-order valence-electron chi connectivity index (χ3n) is 1.88. The average molecular weight is 206 g/mol. The fourth-order valence-corrected chi connectivity index (χ4v) is 2.08. The Bertz CT molecular complexity index is 296. The zero-order valence-electron chi connectivity index (χ0n) is 7.23. The molecule has 1 aliphatic rings. The van der Waals surface area contributed by atoms with Crippen LogP contribution in [0.3, 0.4) is 0 Å². The highest BCUT2D eigenvalue weighted by Gasteiger charge is 2.34. The first-order valence-corrected chi connectivity index (χ1v) is 5.54. The Hall–Kier alpha value is -0.660. The van der Waals surface area contributed by atoms with Gasteiger partial charge in [-0.25, -0.2) is 5.14 Å². The van der Waals surface area contributed by atoms with Gasteiger partial charge >= 0.3 is 0 Å². The minimum atomic E-state index is -3.62. The molecule has 76 valence electrons. The Morgan fingerprint density at radius 3 is 2.38 bits per heavy atom. The molecule has 6 nitrogen and oxygen atoms in total. The van der Waals surface area contributed by atoms with Gasteiger partial charge in [-0.1, -0.05) is 0 Å². The van der Waals surface area contributed by atoms with Crippen LogP contribution in [0.25, 0.3) is 0 Å². The van der Waals surface area contributed by atoms with Crippen molar-refractivity contribution in [2.45, 2.75) is 25.3 Å². The van der Waals surface area contributed by atoms with E-state index in [1.165, 1.54) is 4.31 Å². The molecule has 0 heterocycles. The second-order valence-corrected chi connectivity index (χ2v) is 4.66. The maximum atomic E-state index is 11.0. The number of hydrogen-bond donors (Lipinski definition) is 3. The molecule has 0 aromatic carbocycles. The van der Waals surface area contributed by atoms with E-state index in [1.807, 2.05) is 0 Å². The van der Waals surface area contributed by atoms with E-state index in [0.717, 1.165) is 12.8 Å². The molecule has 0 atom stereocenters. The molecule has 0 saturated heterocycles. The smallest absolute Gasteiger partial charge is 0.277 e. The van der Waals surface area contributed by atoms with Crippen molar-refractivity contribution in [3.05, 3.63) is 0 Å². The van der Waals surface area contributed by atoms with Crippen molar-refractivity contribution in [1.82, 2.24) is 4.31 Å². The summed E-state index contributed by atoms with van der Waals surface area (Å²) in [4.78, 5) is 0. The zero-order valence-corrected chi connectivity index (χ0v) is 8.05. The molecule has 7 heteroatoms. The topological polar surface area (TPSA) is 113 Å². The summed E-state index contributed by atoms with van der Waals surface area (Å²) in [6.07, 6.45) is 1.95. The van der Waals surface area contributed by atoms with Gasteiger partial charge in [0, 0.05) is 19.0 Å². The second-order valence-electron chi connectivity index (χ2n) is 3.16. The lowest BCUT2D eigenvalue weighted by Gasteiger charge is -2.17. The highest BCUT2D eigenvalue weighted by molar-refractivity contribution is 7.86. The van der Waals surface area contributed by atoms with Gasteiger partial charge in [-0.3, -0.25) is 5.41 Å². The van der Waals surface area contributed by atoms with Gasteiger partial charge in [-0.15, -0.1) is 0 Å². The Labute approximate surface area is 77.6 Å². The van der Waals surface area contributed by atoms with E-state index in [1.54, 1.807) is 0 Å². The Balaban J connectivity index is 2.53. The van der Waals surface area contributed by atoms with E-state index in [2.05, 4.69) is 0 Å². The van der Waals surface area contributed by atoms with Crippen molar-refractivity contribution >= 4 is 16.0 Å². The fourth-order valence-electron chi connectivity index (χ4n) is 1.11. The molecular weight excluding hydrogens is 192 g/mol. The highest BCUT2D eigenvalue weighted by atomic mass is 32.2. The first-order chi connectivity index (χ1) is 5.91. The Morgan fingerprint density at radius 2 is 2.08 bits per heavy atom. The minimum Gasteiger partial charge on any atom is -0.388 e. The maximum Gasteiger partial charge on any atom is 0.277 e. The van der Waals surface area contributed by atoms with Gasteiger partial charge in [0.05, 0.1) is 5.84 Å². The average Bonchev–Trinajstić information content (AvgIpc) is 2.67. The molecular formula is C6H14N4O2S. The van der Waals surface area contributed by atoms with Gasteiger partial charge in [-0.2, -0.15) is 12.7 Å². The number of hydrogen-bond acceptors (Lipinski definition) is 3. The molecule has 0 aromatic heterocycles. The molecule has 0 radical (unpaired) electrons. The summed E-state index contributed by atoms with van der Waals surface area (Å²) >= 11 is 0. The van der Waals surface area contributed by atoms with Crippen LogP contribution < -0.4 is 10.9 Å². The van der Waals surface area contributed by atoms with E-state index in [4.69, 9.17) is 16.3 Å². The molecule has 0 aliphatic heterocycles. The highest BCUT2D eigenvalue weighted by Crippen LogP contribution is 2.28. The van der Waals surface area contributed by atoms with Crippen LogP contribution in [0, 0.1) is 5.41 Å². The summed E-state index contributed by atoms with van der Waals surface area (Å²) in [5.41, 5.74) is 5.13. The standard InChI is InChI=1S/C6H14N4O2S/c7-6(8)3-4-10(5-1-2-5)13(9,11)12/h5H,1-4H2,(H3,7,8)(H2,9,11,12). The molecule has 0 unspecified atom stereocenters. The third kappa shape index (κ3) is 3.29. The van der Waals surface area contributed by atoms with E-state index in [9.17, 15) is 8.42 Å². The van der Waals surface area contributed by atoms with Gasteiger partial charge in [0.2, 0.25) is 0 Å². The van der Waals surface area contributed by atoms with Gasteiger partial charge < -0.3 is 5.73 Å². The summed E-state index contributed by atoms with van der Waals surface area (Å²) in [6, 6.07) is 0.0364. The lowest BCUT2D eigenvalue weighted by molar-refractivity contribution is 0.413. The van der Waals surface area contributed by atoms with Crippen LogP contribution in [0.5, 0.6) is 0 Å². The summed E-state index contributed by atoms with van der Waals surface area (Å²) in [5.74, 6) is -0.0192. The quantitative estimate of drug-likeness (QED) is 0.395. The van der Waals surface area contributed by atoms with Gasteiger partial charge in [-0.05, 0) is 12.8 Å². The van der Waals surface area contributed by atoms with Gasteiger partial charge in [0.1, 0.15) is 0 Å². The molecule has 5 N–H and O–H groups in total. The Morgan fingerprint density at radius 1 is 1.54 bits per heavy atom. The number of nitrogens with two attached hydrogens (primary N) is 2. The van der Waals surface area contributed by atoms with Crippen molar-refractivity contribution in [2.24, 2.45) is 10.9 Å². The summed E-state index contributed by atoms with van der Waals surface area (Å²) in [6.45, 7) is 0.221. The summed E-state index contributed by atoms with van der Waals surface area (Å²) < 4.78 is 23.3. The normalized spacial score (nSPS) is 17.7. The van der Waals surface area contributed by atoms with Crippen molar-refractivity contribution < 1.29 is 8.42 Å². The maximum absolute atomic E-state index is 11.0. The third-order valence-corrected chi connectivity index (χ3v) is 3.02. The molecule has 1 saturated carbocycles. The van der Waals surface area contributed by atoms with Crippen LogP contribution in [0.15, 0.2) is 0 Å². The van der Waals surface area contributed by atoms with Crippen LogP contribution in [0.2, 0.25) is 0 Å². The fraction of sp³-hybridized carbons (Fsp3) is 0.833. The lowest BCUT2D eigenvalue weighted by Crippen LogP contribution is -2.40. The first kappa shape index (κ1) is 10.4. The first-order valence-electron chi connectivity index (χ1n) is 4.03. The molecule has 1 fully saturated rings. The van der Waals surface area contributed by atoms with Crippen molar-refractivity contribution in [3.8, 4) is 0 Å². The second kappa shape index (κ2) is 3.60. The number of nitrogens with zero attached hydrogens (tertiary/aromatic N) is 1. The van der Waals surface area contributed by atoms with Gasteiger partial charge in [0.25, 0.3) is 10.2 Å². The molecule has 0 amide bonds. The lowest BCUT2D eigenvalue weighted by atomic mass is 10.4.